The highest BCUT2D eigenvalue weighted by atomic mass is 79.9. The standard InChI is InChI=1S/C27H28BrN5O.C2HF3O2/c1-33(2,3)21-12-10-18(11-13-21)16-31-27(34)25-15-22-23(28)8-5-9-24(22)32(25)17-19-6-4-7-20(14-19)26(29)30;3-2(4,5)1(6)7/h4-15H,16-17H2,1-3H3,(H3-,29,30,31,34);(H,6,7)/p+1. The molecule has 0 saturated heterocycles. The van der Waals surface area contributed by atoms with Gasteiger partial charge in [-0.25, -0.2) is 4.79 Å². The van der Waals surface area contributed by atoms with Crippen molar-refractivity contribution in [1.82, 2.24) is 14.4 Å². The molecule has 216 valence electrons. The number of aliphatic carboxylic acids is 1. The van der Waals surface area contributed by atoms with Gasteiger partial charge in [0.05, 0.1) is 26.7 Å². The molecule has 4 aromatic rings. The number of fused-ring (bicyclic) bond motifs is 1. The van der Waals surface area contributed by atoms with Crippen LogP contribution in [0.25, 0.3) is 10.9 Å². The van der Waals surface area contributed by atoms with Gasteiger partial charge in [-0.2, -0.15) is 13.2 Å². The number of alkyl halides is 3. The van der Waals surface area contributed by atoms with E-state index in [-0.39, 0.29) is 11.7 Å². The van der Waals surface area contributed by atoms with Crippen molar-refractivity contribution < 1.29 is 27.9 Å². The van der Waals surface area contributed by atoms with Crippen LogP contribution in [-0.2, 0) is 17.9 Å². The van der Waals surface area contributed by atoms with Crippen LogP contribution >= 0.6 is 15.9 Å². The smallest absolute Gasteiger partial charge is 0.475 e. The zero-order chi connectivity index (χ0) is 30.5. The fourth-order valence-electron chi connectivity index (χ4n) is 3.96. The van der Waals surface area contributed by atoms with E-state index in [4.69, 9.17) is 21.0 Å². The second kappa shape index (κ2) is 12.6. The van der Waals surface area contributed by atoms with Crippen LogP contribution in [0.4, 0.5) is 18.9 Å². The number of carbonyl (C=O) groups excluding carboxylic acids is 1. The molecule has 3 aromatic carbocycles. The van der Waals surface area contributed by atoms with Gasteiger partial charge in [0.15, 0.2) is 0 Å². The number of nitrogen functional groups attached to an aromatic ring is 1. The average Bonchev–Trinajstić information content (AvgIpc) is 3.26. The molecule has 0 fully saturated rings. The average molecular weight is 633 g/mol. The van der Waals surface area contributed by atoms with Crippen molar-refractivity contribution in [2.75, 3.05) is 21.1 Å². The summed E-state index contributed by atoms with van der Waals surface area (Å²) >= 11 is 3.62. The third-order valence-electron chi connectivity index (χ3n) is 6.11. The monoisotopic (exact) mass is 632 g/mol. The van der Waals surface area contributed by atoms with E-state index in [0.717, 1.165) is 31.0 Å². The number of amidine groups is 1. The van der Waals surface area contributed by atoms with Gasteiger partial charge in [-0.1, -0.05) is 52.3 Å². The van der Waals surface area contributed by atoms with Gasteiger partial charge < -0.3 is 20.7 Å². The highest BCUT2D eigenvalue weighted by Gasteiger charge is 2.38. The molecular formula is C29H30BrF3N5O3+. The van der Waals surface area contributed by atoms with Crippen LogP contribution in [0.2, 0.25) is 0 Å². The van der Waals surface area contributed by atoms with Crippen molar-refractivity contribution >= 4 is 50.2 Å². The molecule has 1 heterocycles. The quantitative estimate of drug-likeness (QED) is 0.122. The predicted molar refractivity (Wildman–Crippen MR) is 157 cm³/mol. The Morgan fingerprint density at radius 2 is 1.61 bits per heavy atom. The lowest BCUT2D eigenvalue weighted by Crippen LogP contribution is -2.34. The lowest BCUT2D eigenvalue weighted by Gasteiger charge is -2.23. The Kier molecular flexibility index (Phi) is 9.61. The van der Waals surface area contributed by atoms with E-state index in [2.05, 4.69) is 66.7 Å². The summed E-state index contributed by atoms with van der Waals surface area (Å²) in [5.41, 5.74) is 11.1. The summed E-state index contributed by atoms with van der Waals surface area (Å²) in [6, 6.07) is 23.7. The first kappa shape index (κ1) is 31.4. The summed E-state index contributed by atoms with van der Waals surface area (Å²) in [5.74, 6) is -2.87. The number of carboxylic acid groups (broad SMARTS) is 1. The van der Waals surface area contributed by atoms with Crippen LogP contribution in [0.15, 0.2) is 77.3 Å². The summed E-state index contributed by atoms with van der Waals surface area (Å²) in [5, 5.41) is 18.9. The van der Waals surface area contributed by atoms with E-state index in [1.165, 1.54) is 5.69 Å². The maximum absolute atomic E-state index is 13.3. The number of nitrogens with zero attached hydrogens (tertiary/aromatic N) is 2. The molecule has 0 saturated carbocycles. The molecule has 12 heteroatoms. The van der Waals surface area contributed by atoms with Crippen LogP contribution in [0.1, 0.15) is 27.2 Å². The molecule has 0 aliphatic rings. The van der Waals surface area contributed by atoms with Crippen LogP contribution in [0.3, 0.4) is 0 Å². The summed E-state index contributed by atoms with van der Waals surface area (Å²) in [4.78, 5) is 22.2. The molecule has 8 nitrogen and oxygen atoms in total. The van der Waals surface area contributed by atoms with Gasteiger partial charge in [0, 0.05) is 28.5 Å². The number of carboxylic acids is 1. The topological polar surface area (TPSA) is 121 Å². The minimum Gasteiger partial charge on any atom is -0.475 e. The van der Waals surface area contributed by atoms with E-state index in [9.17, 15) is 18.0 Å². The number of halogens is 4. The largest absolute Gasteiger partial charge is 0.490 e. The molecule has 5 N–H and O–H groups in total. The minimum absolute atomic E-state index is 0.0243. The minimum atomic E-state index is -5.08. The van der Waals surface area contributed by atoms with E-state index in [1.807, 2.05) is 53.1 Å². The van der Waals surface area contributed by atoms with Crippen molar-refractivity contribution in [1.29, 1.82) is 5.41 Å². The second-order valence-electron chi connectivity index (χ2n) is 10.1. The maximum atomic E-state index is 13.3. The number of amides is 1. The first-order chi connectivity index (χ1) is 19.1. The fourth-order valence-corrected chi connectivity index (χ4v) is 4.43. The zero-order valence-electron chi connectivity index (χ0n) is 22.6. The SMILES string of the molecule is C[N+](C)(C)c1ccc(CNC(=O)c2cc3c(Br)cccc3n2Cc2cccc(C(=N)N)c2)cc1.O=C(O)C(F)(F)F. The third-order valence-corrected chi connectivity index (χ3v) is 6.80. The van der Waals surface area contributed by atoms with Gasteiger partial charge in [-0.15, -0.1) is 0 Å². The highest BCUT2D eigenvalue weighted by molar-refractivity contribution is 9.10. The molecule has 1 amide bonds. The third kappa shape index (κ3) is 8.18. The summed E-state index contributed by atoms with van der Waals surface area (Å²) in [6.07, 6.45) is -5.08. The summed E-state index contributed by atoms with van der Waals surface area (Å²) in [7, 11) is 6.37. The van der Waals surface area contributed by atoms with Crippen LogP contribution in [-0.4, -0.2) is 54.7 Å². The van der Waals surface area contributed by atoms with Crippen molar-refractivity contribution in [3.05, 3.63) is 99.7 Å². The van der Waals surface area contributed by atoms with Gasteiger partial charge in [0.1, 0.15) is 17.2 Å². The van der Waals surface area contributed by atoms with Gasteiger partial charge >= 0.3 is 12.1 Å². The molecule has 41 heavy (non-hydrogen) atoms. The lowest BCUT2D eigenvalue weighted by molar-refractivity contribution is -0.192. The Balaban J connectivity index is 0.000000587. The Morgan fingerprint density at radius 1 is 1.00 bits per heavy atom. The lowest BCUT2D eigenvalue weighted by atomic mass is 10.1. The first-order valence-electron chi connectivity index (χ1n) is 12.3. The number of nitrogens with one attached hydrogen (secondary N) is 2. The highest BCUT2D eigenvalue weighted by Crippen LogP contribution is 2.28. The van der Waals surface area contributed by atoms with E-state index < -0.39 is 12.1 Å². The number of hydrogen-bond acceptors (Lipinski definition) is 3. The number of quaternary nitrogens is 1. The van der Waals surface area contributed by atoms with Gasteiger partial charge in [-0.05, 0) is 47.5 Å². The molecule has 4 rings (SSSR count). The number of aromatic nitrogens is 1. The van der Waals surface area contributed by atoms with Crippen molar-refractivity contribution in [3.8, 4) is 0 Å². The Morgan fingerprint density at radius 3 is 2.17 bits per heavy atom. The van der Waals surface area contributed by atoms with Crippen molar-refractivity contribution in [2.24, 2.45) is 5.73 Å². The Hall–Kier alpha value is -4.16. The molecule has 0 unspecified atom stereocenters. The molecule has 0 bridgehead atoms. The summed E-state index contributed by atoms with van der Waals surface area (Å²) in [6.45, 7) is 0.931. The normalized spacial score (nSPS) is 11.5. The van der Waals surface area contributed by atoms with Gasteiger partial charge in [-0.3, -0.25) is 14.7 Å². The molecule has 0 radical (unpaired) electrons. The number of benzene rings is 3. The fraction of sp³-hybridized carbons (Fsp3) is 0.207. The van der Waals surface area contributed by atoms with Gasteiger partial charge in [0.25, 0.3) is 5.91 Å². The Labute approximate surface area is 243 Å². The molecule has 0 aliphatic carbocycles. The van der Waals surface area contributed by atoms with Crippen LogP contribution < -0.4 is 15.5 Å². The number of nitrogens with two attached hydrogens (primary N) is 1. The number of rotatable bonds is 7. The first-order valence-corrected chi connectivity index (χ1v) is 13.1. The predicted octanol–water partition coefficient (Wildman–Crippen LogP) is 5.50. The molecule has 0 atom stereocenters. The molecular weight excluding hydrogens is 603 g/mol. The van der Waals surface area contributed by atoms with E-state index in [0.29, 0.717) is 24.3 Å². The van der Waals surface area contributed by atoms with Crippen molar-refractivity contribution in [2.45, 2.75) is 19.3 Å². The van der Waals surface area contributed by atoms with Crippen LogP contribution in [0.5, 0.6) is 0 Å². The van der Waals surface area contributed by atoms with Crippen LogP contribution in [0, 0.1) is 5.41 Å². The van der Waals surface area contributed by atoms with E-state index >= 15 is 0 Å². The number of hydrogen-bond donors (Lipinski definition) is 4. The maximum Gasteiger partial charge on any atom is 0.490 e. The molecule has 0 spiro atoms. The Bertz CT molecular complexity index is 1580. The van der Waals surface area contributed by atoms with E-state index in [1.54, 1.807) is 0 Å². The summed E-state index contributed by atoms with van der Waals surface area (Å²) < 4.78 is 35.4. The molecule has 1 aromatic heterocycles. The van der Waals surface area contributed by atoms with Crippen molar-refractivity contribution in [3.63, 3.8) is 0 Å². The second-order valence-corrected chi connectivity index (χ2v) is 10.9. The molecule has 0 aliphatic heterocycles. The number of carbonyl (C=O) groups is 2. The van der Waals surface area contributed by atoms with Gasteiger partial charge in [0.2, 0.25) is 0 Å². The zero-order valence-corrected chi connectivity index (χ0v) is 24.2.